The van der Waals surface area contributed by atoms with Gasteiger partial charge in [-0.25, -0.2) is 4.68 Å². The van der Waals surface area contributed by atoms with E-state index in [9.17, 15) is 0 Å². The molecule has 0 bridgehead atoms. The van der Waals surface area contributed by atoms with Crippen LogP contribution in [0.4, 0.5) is 0 Å². The van der Waals surface area contributed by atoms with Crippen LogP contribution in [0.3, 0.4) is 0 Å². The van der Waals surface area contributed by atoms with Crippen molar-refractivity contribution in [1.82, 2.24) is 20.4 Å². The highest BCUT2D eigenvalue weighted by Gasteiger charge is 2.26. The zero-order chi connectivity index (χ0) is 14.6. The van der Waals surface area contributed by atoms with Crippen molar-refractivity contribution in [1.29, 1.82) is 0 Å². The molecule has 2 aromatic rings. The Hall–Kier alpha value is -1.76. The molecule has 2 rings (SSSR count). The molecule has 0 aliphatic heterocycles. The van der Waals surface area contributed by atoms with Crippen LogP contribution in [0, 0.1) is 0 Å². The summed E-state index contributed by atoms with van der Waals surface area (Å²) in [6.45, 7) is 4.04. The van der Waals surface area contributed by atoms with E-state index in [1.807, 2.05) is 44.2 Å². The van der Waals surface area contributed by atoms with Gasteiger partial charge in [-0.15, -0.1) is 5.10 Å². The van der Waals surface area contributed by atoms with Crippen molar-refractivity contribution in [3.63, 3.8) is 0 Å². The van der Waals surface area contributed by atoms with Gasteiger partial charge >= 0.3 is 0 Å². The van der Waals surface area contributed by atoms with Crippen LogP contribution in [0.25, 0.3) is 5.69 Å². The van der Waals surface area contributed by atoms with Gasteiger partial charge in [-0.1, -0.05) is 23.4 Å². The molecule has 1 atom stereocenters. The summed E-state index contributed by atoms with van der Waals surface area (Å²) in [4.78, 5) is 0. The average Bonchev–Trinajstić information content (AvgIpc) is 2.95. The van der Waals surface area contributed by atoms with Gasteiger partial charge in [-0.3, -0.25) is 11.3 Å². The molecule has 1 unspecified atom stereocenters. The van der Waals surface area contributed by atoms with Crippen LogP contribution >= 0.6 is 0 Å². The van der Waals surface area contributed by atoms with E-state index in [1.54, 1.807) is 18.0 Å². The molecule has 1 aromatic carbocycles. The maximum Gasteiger partial charge on any atom is 0.0829 e. The number of methoxy groups -OCH3 is 1. The lowest BCUT2D eigenvalue weighted by Crippen LogP contribution is -2.36. The second-order valence-corrected chi connectivity index (χ2v) is 5.29. The molecule has 0 aliphatic rings. The third kappa shape index (κ3) is 3.22. The van der Waals surface area contributed by atoms with Crippen molar-refractivity contribution >= 4 is 0 Å². The number of benzene rings is 1. The smallest absolute Gasteiger partial charge is 0.0829 e. The third-order valence-corrected chi connectivity index (χ3v) is 3.38. The molecular weight excluding hydrogens is 254 g/mol. The Labute approximate surface area is 118 Å². The molecule has 0 spiro atoms. The Morgan fingerprint density at radius 1 is 1.35 bits per heavy atom. The Morgan fingerprint density at radius 2 is 2.05 bits per heavy atom. The van der Waals surface area contributed by atoms with Crippen molar-refractivity contribution in [2.45, 2.75) is 31.9 Å². The number of rotatable bonds is 6. The Balaban J connectivity index is 2.30. The molecule has 0 saturated heterocycles. The van der Waals surface area contributed by atoms with Gasteiger partial charge in [0.25, 0.3) is 0 Å². The number of nitrogens with one attached hydrogen (secondary N) is 1. The first-order valence-electron chi connectivity index (χ1n) is 6.54. The normalized spacial score (nSPS) is 13.4. The summed E-state index contributed by atoms with van der Waals surface area (Å²) in [6.07, 6.45) is 2.43. The minimum Gasteiger partial charge on any atom is -0.379 e. The number of aromatic nitrogens is 3. The number of ether oxygens (including phenoxy) is 1. The standard InChI is InChI=1S/C14H21N5O/c1-14(2,20-3)9-12(17-15)13-10-16-18-19(13)11-7-5-4-6-8-11/h4-8,10,12,17H,9,15H2,1-3H3. The topological polar surface area (TPSA) is 78.0 Å². The monoisotopic (exact) mass is 275 g/mol. The van der Waals surface area contributed by atoms with Crippen molar-refractivity contribution in [3.8, 4) is 5.69 Å². The molecule has 6 heteroatoms. The van der Waals surface area contributed by atoms with Gasteiger partial charge in [-0.05, 0) is 32.4 Å². The highest BCUT2D eigenvalue weighted by atomic mass is 16.5. The molecule has 1 aromatic heterocycles. The van der Waals surface area contributed by atoms with Gasteiger partial charge in [0.05, 0.1) is 29.2 Å². The molecule has 108 valence electrons. The first-order chi connectivity index (χ1) is 9.57. The maximum atomic E-state index is 5.70. The second kappa shape index (κ2) is 6.13. The lowest BCUT2D eigenvalue weighted by molar-refractivity contribution is 0.00627. The first kappa shape index (κ1) is 14.6. The minimum atomic E-state index is -0.289. The van der Waals surface area contributed by atoms with E-state index < -0.39 is 0 Å². The van der Waals surface area contributed by atoms with Crippen LogP contribution < -0.4 is 11.3 Å². The number of nitrogens with zero attached hydrogens (tertiary/aromatic N) is 3. The maximum absolute atomic E-state index is 5.70. The van der Waals surface area contributed by atoms with Crippen molar-refractivity contribution in [3.05, 3.63) is 42.2 Å². The van der Waals surface area contributed by atoms with E-state index in [-0.39, 0.29) is 11.6 Å². The average molecular weight is 275 g/mol. The van der Waals surface area contributed by atoms with Gasteiger partial charge in [0.15, 0.2) is 0 Å². The largest absolute Gasteiger partial charge is 0.379 e. The summed E-state index contributed by atoms with van der Waals surface area (Å²) >= 11 is 0. The Kier molecular flexibility index (Phi) is 4.49. The molecule has 0 fully saturated rings. The first-order valence-corrected chi connectivity index (χ1v) is 6.54. The zero-order valence-corrected chi connectivity index (χ0v) is 12.1. The van der Waals surface area contributed by atoms with E-state index in [2.05, 4.69) is 15.7 Å². The molecule has 0 aliphatic carbocycles. The van der Waals surface area contributed by atoms with Gasteiger partial charge in [0.1, 0.15) is 0 Å². The third-order valence-electron chi connectivity index (χ3n) is 3.38. The fourth-order valence-electron chi connectivity index (χ4n) is 2.07. The van der Waals surface area contributed by atoms with Gasteiger partial charge in [-0.2, -0.15) is 0 Å². The van der Waals surface area contributed by atoms with Crippen molar-refractivity contribution < 1.29 is 4.74 Å². The molecule has 1 heterocycles. The second-order valence-electron chi connectivity index (χ2n) is 5.29. The summed E-state index contributed by atoms with van der Waals surface area (Å²) in [7, 11) is 1.69. The highest BCUT2D eigenvalue weighted by molar-refractivity contribution is 5.32. The quantitative estimate of drug-likeness (QED) is 0.618. The van der Waals surface area contributed by atoms with Crippen molar-refractivity contribution in [2.75, 3.05) is 7.11 Å². The summed E-state index contributed by atoms with van der Waals surface area (Å²) in [5, 5.41) is 8.14. The number of hydrazine groups is 1. The molecule has 20 heavy (non-hydrogen) atoms. The van der Waals surface area contributed by atoms with Gasteiger partial charge in [0.2, 0.25) is 0 Å². The molecule has 0 saturated carbocycles. The number of nitrogens with two attached hydrogens (primary N) is 1. The van der Waals surface area contributed by atoms with Crippen LogP contribution in [0.1, 0.15) is 32.0 Å². The zero-order valence-electron chi connectivity index (χ0n) is 12.1. The Bertz CT molecular complexity index is 538. The SMILES string of the molecule is COC(C)(C)CC(NN)c1cnnn1-c1ccccc1. The summed E-state index contributed by atoms with van der Waals surface area (Å²) < 4.78 is 7.26. The number of hydrogen-bond donors (Lipinski definition) is 2. The molecular formula is C14H21N5O. The predicted octanol–water partition coefficient (Wildman–Crippen LogP) is 1.59. The van der Waals surface area contributed by atoms with E-state index in [0.717, 1.165) is 11.4 Å². The van der Waals surface area contributed by atoms with E-state index in [4.69, 9.17) is 10.6 Å². The van der Waals surface area contributed by atoms with E-state index in [1.165, 1.54) is 0 Å². The van der Waals surface area contributed by atoms with E-state index >= 15 is 0 Å². The lowest BCUT2D eigenvalue weighted by atomic mass is 9.97. The van der Waals surface area contributed by atoms with Gasteiger partial charge < -0.3 is 4.74 Å². The van der Waals surface area contributed by atoms with Crippen LogP contribution in [0.5, 0.6) is 0 Å². The van der Waals surface area contributed by atoms with Crippen LogP contribution in [-0.2, 0) is 4.74 Å². The molecule has 0 amide bonds. The Morgan fingerprint density at radius 3 is 2.65 bits per heavy atom. The van der Waals surface area contributed by atoms with Crippen LogP contribution in [-0.4, -0.2) is 27.7 Å². The fourth-order valence-corrected chi connectivity index (χ4v) is 2.07. The highest BCUT2D eigenvalue weighted by Crippen LogP contribution is 2.26. The fraction of sp³-hybridized carbons (Fsp3) is 0.429. The predicted molar refractivity (Wildman–Crippen MR) is 77.1 cm³/mol. The molecule has 3 N–H and O–H groups in total. The van der Waals surface area contributed by atoms with E-state index in [0.29, 0.717) is 6.42 Å². The number of para-hydroxylation sites is 1. The van der Waals surface area contributed by atoms with Crippen LogP contribution in [0.2, 0.25) is 0 Å². The number of hydrogen-bond acceptors (Lipinski definition) is 5. The molecule has 6 nitrogen and oxygen atoms in total. The van der Waals surface area contributed by atoms with Crippen molar-refractivity contribution in [2.24, 2.45) is 5.84 Å². The molecule has 0 radical (unpaired) electrons. The van der Waals surface area contributed by atoms with Crippen LogP contribution in [0.15, 0.2) is 36.5 Å². The van der Waals surface area contributed by atoms with Gasteiger partial charge in [0, 0.05) is 7.11 Å². The minimum absolute atomic E-state index is 0.0971. The summed E-state index contributed by atoms with van der Waals surface area (Å²) in [5.41, 5.74) is 4.40. The summed E-state index contributed by atoms with van der Waals surface area (Å²) in [5.74, 6) is 5.70. The lowest BCUT2D eigenvalue weighted by Gasteiger charge is -2.28. The summed E-state index contributed by atoms with van der Waals surface area (Å²) in [6, 6.07) is 9.75.